The molecule has 1 fully saturated rings. The number of rotatable bonds is 4. The normalized spacial score (nSPS) is 19.2. The van der Waals surface area contributed by atoms with Crippen molar-refractivity contribution in [2.45, 2.75) is 25.4 Å². The summed E-state index contributed by atoms with van der Waals surface area (Å²) in [6, 6.07) is 1.86. The fraction of sp³-hybridized carbons (Fsp3) is 0.583. The molecule has 1 aromatic heterocycles. The van der Waals surface area contributed by atoms with Crippen LogP contribution in [0.5, 0.6) is 0 Å². The van der Waals surface area contributed by atoms with E-state index >= 15 is 0 Å². The molecule has 0 aromatic carbocycles. The molecule has 0 radical (unpaired) electrons. The van der Waals surface area contributed by atoms with Gasteiger partial charge < -0.3 is 14.5 Å². The summed E-state index contributed by atoms with van der Waals surface area (Å²) in [4.78, 5) is 11.4. The highest BCUT2D eigenvalue weighted by atomic mass is 32.2. The molecule has 1 aliphatic rings. The first kappa shape index (κ1) is 14.1. The van der Waals surface area contributed by atoms with Gasteiger partial charge in [0.05, 0.1) is 24.9 Å². The molecule has 1 saturated heterocycles. The van der Waals surface area contributed by atoms with E-state index in [1.807, 2.05) is 0 Å². The van der Waals surface area contributed by atoms with Gasteiger partial charge in [-0.3, -0.25) is 0 Å². The van der Waals surface area contributed by atoms with Gasteiger partial charge >= 0.3 is 5.97 Å². The van der Waals surface area contributed by atoms with Crippen molar-refractivity contribution in [3.63, 3.8) is 0 Å². The first-order chi connectivity index (χ1) is 9.02. The van der Waals surface area contributed by atoms with Crippen LogP contribution in [-0.4, -0.2) is 39.0 Å². The molecule has 0 saturated carbocycles. The Bertz CT molecular complexity index is 534. The van der Waals surface area contributed by atoms with Crippen LogP contribution in [-0.2, 0) is 21.1 Å². The van der Waals surface area contributed by atoms with Crippen molar-refractivity contribution < 1.29 is 22.4 Å². The Balaban J connectivity index is 1.90. The van der Waals surface area contributed by atoms with Crippen LogP contribution in [0.15, 0.2) is 16.7 Å². The molecule has 6 nitrogen and oxygen atoms in total. The lowest BCUT2D eigenvalue weighted by Crippen LogP contribution is -2.37. The summed E-state index contributed by atoms with van der Waals surface area (Å²) < 4.78 is 32.3. The van der Waals surface area contributed by atoms with Gasteiger partial charge in [-0.05, 0) is 18.9 Å². The molecular formula is C12H17NO5S. The lowest BCUT2D eigenvalue weighted by Gasteiger charge is -2.22. The van der Waals surface area contributed by atoms with Crippen molar-refractivity contribution in [1.29, 1.82) is 0 Å². The van der Waals surface area contributed by atoms with Crippen LogP contribution in [0.25, 0.3) is 0 Å². The topological polar surface area (TPSA) is 85.6 Å². The number of furan rings is 1. The van der Waals surface area contributed by atoms with Crippen molar-refractivity contribution >= 4 is 15.8 Å². The zero-order valence-electron chi connectivity index (χ0n) is 10.7. The lowest BCUT2D eigenvalue weighted by molar-refractivity contribution is 0.0563. The monoisotopic (exact) mass is 287 g/mol. The second kappa shape index (κ2) is 5.75. The maximum Gasteiger partial charge on any atom is 0.374 e. The molecule has 1 N–H and O–H groups in total. The van der Waals surface area contributed by atoms with Gasteiger partial charge in [-0.15, -0.1) is 0 Å². The molecule has 19 heavy (non-hydrogen) atoms. The Morgan fingerprint density at radius 3 is 2.79 bits per heavy atom. The molecule has 0 aliphatic carbocycles. The second-order valence-electron chi connectivity index (χ2n) is 4.57. The summed E-state index contributed by atoms with van der Waals surface area (Å²) >= 11 is 0. The average molecular weight is 287 g/mol. The van der Waals surface area contributed by atoms with Crippen LogP contribution in [0.4, 0.5) is 0 Å². The van der Waals surface area contributed by atoms with E-state index in [4.69, 9.17) is 4.42 Å². The molecule has 1 aromatic rings. The molecule has 2 heterocycles. The molecule has 0 spiro atoms. The van der Waals surface area contributed by atoms with Gasteiger partial charge in [0.25, 0.3) is 0 Å². The van der Waals surface area contributed by atoms with Gasteiger partial charge in [0.1, 0.15) is 9.84 Å². The minimum atomic E-state index is -2.85. The maximum absolute atomic E-state index is 11.4. The van der Waals surface area contributed by atoms with Crippen molar-refractivity contribution in [3.8, 4) is 0 Å². The van der Waals surface area contributed by atoms with Gasteiger partial charge in [-0.2, -0.15) is 0 Å². The molecule has 1 aliphatic heterocycles. The predicted molar refractivity (Wildman–Crippen MR) is 68.6 cm³/mol. The van der Waals surface area contributed by atoms with E-state index in [2.05, 4.69) is 10.1 Å². The van der Waals surface area contributed by atoms with Crippen LogP contribution >= 0.6 is 0 Å². The molecular weight excluding hydrogens is 270 g/mol. The third kappa shape index (κ3) is 3.57. The molecule has 2 rings (SSSR count). The van der Waals surface area contributed by atoms with Crippen LogP contribution in [0.2, 0.25) is 0 Å². The predicted octanol–water partition coefficient (Wildman–Crippen LogP) is 0.733. The van der Waals surface area contributed by atoms with Crippen molar-refractivity contribution in [3.05, 3.63) is 23.7 Å². The molecule has 0 atom stereocenters. The SMILES string of the molecule is COC(=O)c1occc1CNC1CCS(=O)(=O)CC1. The van der Waals surface area contributed by atoms with E-state index in [1.165, 1.54) is 13.4 Å². The number of ether oxygens (including phenoxy) is 1. The summed E-state index contributed by atoms with van der Waals surface area (Å²) in [5.74, 6) is 0.131. The minimum Gasteiger partial charge on any atom is -0.463 e. The molecule has 7 heteroatoms. The summed E-state index contributed by atoms with van der Waals surface area (Å²) in [5.41, 5.74) is 0.722. The lowest BCUT2D eigenvalue weighted by atomic mass is 10.1. The first-order valence-corrected chi connectivity index (χ1v) is 7.92. The quantitative estimate of drug-likeness (QED) is 0.822. The maximum atomic E-state index is 11.4. The highest BCUT2D eigenvalue weighted by Gasteiger charge is 2.24. The van der Waals surface area contributed by atoms with E-state index in [0.29, 0.717) is 19.4 Å². The number of sulfone groups is 1. The Labute approximate surface area is 112 Å². The number of carbonyl (C=O) groups is 1. The summed E-state index contributed by atoms with van der Waals surface area (Å²) in [5, 5.41) is 3.25. The molecule has 0 unspecified atom stereocenters. The third-order valence-electron chi connectivity index (χ3n) is 3.25. The Morgan fingerprint density at radius 2 is 2.16 bits per heavy atom. The Hall–Kier alpha value is -1.34. The van der Waals surface area contributed by atoms with Gasteiger partial charge in [0.15, 0.2) is 0 Å². The Morgan fingerprint density at radius 1 is 1.47 bits per heavy atom. The standard InChI is InChI=1S/C12H17NO5S/c1-17-12(14)11-9(2-5-18-11)8-13-10-3-6-19(15,16)7-4-10/h2,5,10,13H,3-4,6-8H2,1H3. The number of esters is 1. The van der Waals surface area contributed by atoms with Crippen LogP contribution in [0.1, 0.15) is 29.0 Å². The number of hydrogen-bond acceptors (Lipinski definition) is 6. The Kier molecular flexibility index (Phi) is 4.26. The van der Waals surface area contributed by atoms with Crippen molar-refractivity contribution in [2.75, 3.05) is 18.6 Å². The fourth-order valence-corrected chi connectivity index (χ4v) is 3.59. The molecule has 0 amide bonds. The minimum absolute atomic E-state index is 0.156. The van der Waals surface area contributed by atoms with E-state index in [9.17, 15) is 13.2 Å². The van der Waals surface area contributed by atoms with E-state index in [-0.39, 0.29) is 23.3 Å². The van der Waals surface area contributed by atoms with Gasteiger partial charge in [-0.25, -0.2) is 13.2 Å². The number of hydrogen-bond donors (Lipinski definition) is 1. The highest BCUT2D eigenvalue weighted by Crippen LogP contribution is 2.15. The van der Waals surface area contributed by atoms with Crippen LogP contribution in [0.3, 0.4) is 0 Å². The third-order valence-corrected chi connectivity index (χ3v) is 4.97. The highest BCUT2D eigenvalue weighted by molar-refractivity contribution is 7.91. The van der Waals surface area contributed by atoms with Crippen LogP contribution < -0.4 is 5.32 Å². The summed E-state index contributed by atoms with van der Waals surface area (Å²) in [6.07, 6.45) is 2.65. The first-order valence-electron chi connectivity index (χ1n) is 6.10. The zero-order chi connectivity index (χ0) is 13.9. The smallest absolute Gasteiger partial charge is 0.374 e. The summed E-state index contributed by atoms with van der Waals surface area (Å²) in [6.45, 7) is 0.464. The van der Waals surface area contributed by atoms with Crippen molar-refractivity contribution in [2.24, 2.45) is 0 Å². The van der Waals surface area contributed by atoms with Gasteiger partial charge in [0.2, 0.25) is 5.76 Å². The molecule has 0 bridgehead atoms. The number of carbonyl (C=O) groups excluding carboxylic acids is 1. The average Bonchev–Trinajstić information content (AvgIpc) is 2.85. The number of methoxy groups -OCH3 is 1. The zero-order valence-corrected chi connectivity index (χ0v) is 11.5. The molecule has 106 valence electrons. The van der Waals surface area contributed by atoms with Gasteiger partial charge in [0, 0.05) is 18.2 Å². The van der Waals surface area contributed by atoms with Gasteiger partial charge in [-0.1, -0.05) is 0 Å². The van der Waals surface area contributed by atoms with E-state index in [1.54, 1.807) is 6.07 Å². The largest absolute Gasteiger partial charge is 0.463 e. The van der Waals surface area contributed by atoms with E-state index in [0.717, 1.165) is 5.56 Å². The number of nitrogens with one attached hydrogen (secondary N) is 1. The summed E-state index contributed by atoms with van der Waals surface area (Å²) in [7, 11) is -1.55. The second-order valence-corrected chi connectivity index (χ2v) is 6.88. The fourth-order valence-electron chi connectivity index (χ4n) is 2.10. The van der Waals surface area contributed by atoms with E-state index < -0.39 is 15.8 Å². The van der Waals surface area contributed by atoms with Crippen LogP contribution in [0, 0.1) is 0 Å². The van der Waals surface area contributed by atoms with Crippen molar-refractivity contribution in [1.82, 2.24) is 5.32 Å².